The minimum Gasteiger partial charge on any atom is -0.491 e. The summed E-state index contributed by atoms with van der Waals surface area (Å²) in [6.45, 7) is 4.67. The summed E-state index contributed by atoms with van der Waals surface area (Å²) in [5.41, 5.74) is 0. The van der Waals surface area contributed by atoms with Crippen molar-refractivity contribution in [2.24, 2.45) is 0 Å². The van der Waals surface area contributed by atoms with Gasteiger partial charge in [-0.15, -0.1) is 11.3 Å². The maximum Gasteiger partial charge on any atom is 0.349 e. The Morgan fingerprint density at radius 3 is 2.88 bits per heavy atom. The van der Waals surface area contributed by atoms with Crippen LogP contribution in [0.5, 0.6) is 5.75 Å². The summed E-state index contributed by atoms with van der Waals surface area (Å²) in [5, 5.41) is 9.00. The van der Waals surface area contributed by atoms with Gasteiger partial charge >= 0.3 is 5.97 Å². The Hall–Kier alpha value is -0.680. The number of ether oxygens (including phenoxy) is 1. The van der Waals surface area contributed by atoms with Crippen LogP contribution in [-0.2, 0) is 6.42 Å². The predicted octanol–water partition coefficient (Wildman–Crippen LogP) is 3.14. The first-order valence-corrected chi connectivity index (χ1v) is 7.22. The van der Waals surface area contributed by atoms with Crippen LogP contribution < -0.4 is 4.74 Å². The number of aryl methyl sites for hydroxylation is 1. The summed E-state index contributed by atoms with van der Waals surface area (Å²) in [6.07, 6.45) is 0.845. The molecule has 0 aromatic carbocycles. The van der Waals surface area contributed by atoms with Gasteiger partial charge in [0.2, 0.25) is 0 Å². The van der Waals surface area contributed by atoms with Gasteiger partial charge in [0.05, 0.1) is 6.61 Å². The minimum absolute atomic E-state index is 0.318. The number of carboxylic acid groups (broad SMARTS) is 1. The summed E-state index contributed by atoms with van der Waals surface area (Å²) >= 11 is 3.09. The smallest absolute Gasteiger partial charge is 0.349 e. The average molecular weight is 260 g/mol. The largest absolute Gasteiger partial charge is 0.491 e. The maximum absolute atomic E-state index is 11.0. The highest BCUT2D eigenvalue weighted by molar-refractivity contribution is 7.99. The molecule has 1 aromatic heterocycles. The van der Waals surface area contributed by atoms with Crippen LogP contribution in [0.25, 0.3) is 0 Å². The van der Waals surface area contributed by atoms with Gasteiger partial charge in [-0.05, 0) is 18.2 Å². The molecule has 0 fully saturated rings. The van der Waals surface area contributed by atoms with Crippen LogP contribution in [0, 0.1) is 0 Å². The molecule has 3 nitrogen and oxygen atoms in total. The van der Waals surface area contributed by atoms with E-state index in [2.05, 4.69) is 6.92 Å². The molecule has 0 atom stereocenters. The molecule has 1 N–H and O–H groups in total. The standard InChI is InChI=1S/C11H16O3S2/c1-3-8-7-9(10(16-8)11(12)13)14-5-6-15-4-2/h7H,3-6H2,1-2H3,(H,12,13). The highest BCUT2D eigenvalue weighted by atomic mass is 32.2. The van der Waals surface area contributed by atoms with Crippen molar-refractivity contribution in [3.8, 4) is 5.75 Å². The van der Waals surface area contributed by atoms with Gasteiger partial charge in [-0.2, -0.15) is 11.8 Å². The van der Waals surface area contributed by atoms with Crippen LogP contribution in [0.2, 0.25) is 0 Å². The number of carbonyl (C=O) groups is 1. The molecule has 0 bridgehead atoms. The number of thioether (sulfide) groups is 1. The zero-order valence-electron chi connectivity index (χ0n) is 9.49. The zero-order valence-corrected chi connectivity index (χ0v) is 11.1. The molecule has 0 amide bonds. The fourth-order valence-corrected chi connectivity index (χ4v) is 2.58. The molecule has 16 heavy (non-hydrogen) atoms. The van der Waals surface area contributed by atoms with Crippen LogP contribution in [0.4, 0.5) is 0 Å². The summed E-state index contributed by atoms with van der Waals surface area (Å²) < 4.78 is 5.49. The maximum atomic E-state index is 11.0. The monoisotopic (exact) mass is 260 g/mol. The lowest BCUT2D eigenvalue weighted by Gasteiger charge is -2.03. The van der Waals surface area contributed by atoms with Crippen molar-refractivity contribution in [1.82, 2.24) is 0 Å². The number of hydrogen-bond donors (Lipinski definition) is 1. The van der Waals surface area contributed by atoms with Crippen LogP contribution in [-0.4, -0.2) is 29.2 Å². The van der Waals surface area contributed by atoms with E-state index in [0.717, 1.165) is 22.8 Å². The normalized spacial score (nSPS) is 10.4. The van der Waals surface area contributed by atoms with Crippen LogP contribution in [0.1, 0.15) is 28.4 Å². The van der Waals surface area contributed by atoms with Crippen molar-refractivity contribution in [3.05, 3.63) is 15.8 Å². The van der Waals surface area contributed by atoms with E-state index in [0.29, 0.717) is 17.2 Å². The van der Waals surface area contributed by atoms with Gasteiger partial charge in [0.15, 0.2) is 4.88 Å². The molecule has 0 radical (unpaired) electrons. The lowest BCUT2D eigenvalue weighted by atomic mass is 10.3. The third-order valence-corrected chi connectivity index (χ3v) is 4.09. The Balaban J connectivity index is 2.62. The molecule has 0 saturated heterocycles. The van der Waals surface area contributed by atoms with E-state index in [4.69, 9.17) is 9.84 Å². The first kappa shape index (κ1) is 13.4. The van der Waals surface area contributed by atoms with Crippen molar-refractivity contribution < 1.29 is 14.6 Å². The van der Waals surface area contributed by atoms with Gasteiger partial charge in [0.25, 0.3) is 0 Å². The quantitative estimate of drug-likeness (QED) is 0.765. The fraction of sp³-hybridized carbons (Fsp3) is 0.545. The third kappa shape index (κ3) is 3.72. The second-order valence-electron chi connectivity index (χ2n) is 3.11. The van der Waals surface area contributed by atoms with Gasteiger partial charge in [-0.3, -0.25) is 0 Å². The Labute approximate surface area is 104 Å². The molecule has 0 aliphatic rings. The Kier molecular flexibility index (Phi) is 5.69. The Bertz CT molecular complexity index is 347. The molecule has 1 rings (SSSR count). The molecule has 0 aliphatic carbocycles. The number of hydrogen-bond acceptors (Lipinski definition) is 4. The highest BCUT2D eigenvalue weighted by Crippen LogP contribution is 2.29. The van der Waals surface area contributed by atoms with E-state index in [1.807, 2.05) is 13.0 Å². The molecular weight excluding hydrogens is 244 g/mol. The average Bonchev–Trinajstić information content (AvgIpc) is 2.68. The van der Waals surface area contributed by atoms with Crippen LogP contribution in [0.15, 0.2) is 6.07 Å². The van der Waals surface area contributed by atoms with E-state index in [1.165, 1.54) is 11.3 Å². The summed E-state index contributed by atoms with van der Waals surface area (Å²) in [4.78, 5) is 12.3. The summed E-state index contributed by atoms with van der Waals surface area (Å²) in [7, 11) is 0. The predicted molar refractivity (Wildman–Crippen MR) is 69.2 cm³/mol. The van der Waals surface area contributed by atoms with E-state index in [9.17, 15) is 4.79 Å². The lowest BCUT2D eigenvalue weighted by molar-refractivity contribution is 0.0698. The van der Waals surface area contributed by atoms with E-state index in [-0.39, 0.29) is 0 Å². The molecule has 90 valence electrons. The Morgan fingerprint density at radius 1 is 1.56 bits per heavy atom. The van der Waals surface area contributed by atoms with Gasteiger partial charge in [0, 0.05) is 10.6 Å². The SMILES string of the molecule is CCSCCOc1cc(CC)sc1C(=O)O. The minimum atomic E-state index is -0.900. The molecule has 0 aliphatic heterocycles. The van der Waals surface area contributed by atoms with Crippen molar-refractivity contribution in [2.75, 3.05) is 18.1 Å². The molecule has 1 heterocycles. The molecule has 0 saturated carbocycles. The van der Waals surface area contributed by atoms with Crippen molar-refractivity contribution >= 4 is 29.1 Å². The van der Waals surface area contributed by atoms with Gasteiger partial charge < -0.3 is 9.84 Å². The second-order valence-corrected chi connectivity index (χ2v) is 5.64. The first-order chi connectivity index (χ1) is 7.69. The van der Waals surface area contributed by atoms with Crippen molar-refractivity contribution in [1.29, 1.82) is 0 Å². The second kappa shape index (κ2) is 6.81. The first-order valence-electron chi connectivity index (χ1n) is 5.25. The van der Waals surface area contributed by atoms with Gasteiger partial charge in [-0.1, -0.05) is 13.8 Å². The summed E-state index contributed by atoms with van der Waals surface area (Å²) in [5.74, 6) is 1.57. The highest BCUT2D eigenvalue weighted by Gasteiger charge is 2.15. The lowest BCUT2D eigenvalue weighted by Crippen LogP contribution is -2.03. The van der Waals surface area contributed by atoms with Gasteiger partial charge in [-0.25, -0.2) is 4.79 Å². The fourth-order valence-electron chi connectivity index (χ4n) is 1.21. The third-order valence-electron chi connectivity index (χ3n) is 1.98. The number of rotatable bonds is 7. The number of thiophene rings is 1. The molecule has 0 spiro atoms. The van der Waals surface area contributed by atoms with E-state index >= 15 is 0 Å². The molecule has 1 aromatic rings. The number of carboxylic acids is 1. The Morgan fingerprint density at radius 2 is 2.31 bits per heavy atom. The molecule has 0 unspecified atom stereocenters. The van der Waals surface area contributed by atoms with Crippen LogP contribution in [0.3, 0.4) is 0 Å². The van der Waals surface area contributed by atoms with Crippen molar-refractivity contribution in [3.63, 3.8) is 0 Å². The molecular formula is C11H16O3S2. The van der Waals surface area contributed by atoms with Crippen molar-refractivity contribution in [2.45, 2.75) is 20.3 Å². The van der Waals surface area contributed by atoms with E-state index < -0.39 is 5.97 Å². The summed E-state index contributed by atoms with van der Waals surface area (Å²) in [6, 6.07) is 1.84. The van der Waals surface area contributed by atoms with E-state index in [1.54, 1.807) is 11.8 Å². The van der Waals surface area contributed by atoms with Crippen LogP contribution >= 0.6 is 23.1 Å². The van der Waals surface area contributed by atoms with Gasteiger partial charge in [0.1, 0.15) is 5.75 Å². The zero-order chi connectivity index (χ0) is 12.0. The number of aromatic carboxylic acids is 1. The molecule has 5 heteroatoms. The topological polar surface area (TPSA) is 46.5 Å².